The molecule has 27 heavy (non-hydrogen) atoms. The van der Waals surface area contributed by atoms with Crippen LogP contribution < -0.4 is 11.1 Å². The molecule has 5 nitrogen and oxygen atoms in total. The smallest absolute Gasteiger partial charge is 0.373 e. The van der Waals surface area contributed by atoms with Gasteiger partial charge in [-0.1, -0.05) is 18.2 Å². The number of nitrogens with two attached hydrogens (primary N) is 1. The van der Waals surface area contributed by atoms with Crippen molar-refractivity contribution in [2.45, 2.75) is 25.6 Å². The van der Waals surface area contributed by atoms with Gasteiger partial charge in [0.2, 0.25) is 0 Å². The first kappa shape index (κ1) is 19.4. The Labute approximate surface area is 159 Å². The lowest BCUT2D eigenvalue weighted by atomic mass is 10.00. The van der Waals surface area contributed by atoms with Crippen LogP contribution in [-0.2, 0) is 19.6 Å². The van der Waals surface area contributed by atoms with Gasteiger partial charge in [-0.15, -0.1) is 11.3 Å². The molecule has 2 aromatic heterocycles. The van der Waals surface area contributed by atoms with E-state index in [0.717, 1.165) is 27.3 Å². The van der Waals surface area contributed by atoms with E-state index < -0.39 is 11.7 Å². The molecule has 0 fully saturated rings. The van der Waals surface area contributed by atoms with Crippen LogP contribution in [0.3, 0.4) is 0 Å². The second-order valence-corrected chi connectivity index (χ2v) is 7.48. The third kappa shape index (κ3) is 4.30. The van der Waals surface area contributed by atoms with Crippen molar-refractivity contribution in [2.24, 2.45) is 12.8 Å². The van der Waals surface area contributed by atoms with Crippen LogP contribution in [0.2, 0.25) is 0 Å². The van der Waals surface area contributed by atoms with Crippen molar-refractivity contribution in [3.05, 3.63) is 52.7 Å². The molecule has 0 amide bonds. The normalized spacial score (nSPS) is 13.0. The lowest BCUT2D eigenvalue weighted by Crippen LogP contribution is -2.31. The summed E-state index contributed by atoms with van der Waals surface area (Å²) in [6, 6.07) is 7.22. The topological polar surface area (TPSA) is 68.8 Å². The monoisotopic (exact) mass is 395 g/mol. The Hall–Kier alpha value is -2.39. The third-order valence-electron chi connectivity index (χ3n) is 4.29. The number of hydrogen-bond donors (Lipinski definition) is 2. The Morgan fingerprint density at radius 1 is 1.30 bits per heavy atom. The number of nitrogens with zero attached hydrogens (tertiary/aromatic N) is 3. The highest BCUT2D eigenvalue weighted by molar-refractivity contribution is 7.16. The molecule has 0 saturated carbocycles. The summed E-state index contributed by atoms with van der Waals surface area (Å²) in [6.07, 6.45) is -2.72. The second-order valence-electron chi connectivity index (χ2n) is 6.22. The number of hydrogen-bond acceptors (Lipinski definition) is 5. The number of aromatic nitrogens is 3. The summed E-state index contributed by atoms with van der Waals surface area (Å²) in [6.45, 7) is 2.18. The van der Waals surface area contributed by atoms with Gasteiger partial charge >= 0.3 is 6.18 Å². The van der Waals surface area contributed by atoms with Crippen molar-refractivity contribution < 1.29 is 13.2 Å². The van der Waals surface area contributed by atoms with Crippen molar-refractivity contribution in [2.75, 3.05) is 11.9 Å². The van der Waals surface area contributed by atoms with Crippen LogP contribution in [0.25, 0.3) is 11.4 Å². The molecule has 0 bridgehead atoms. The van der Waals surface area contributed by atoms with Crippen LogP contribution >= 0.6 is 11.3 Å². The Kier molecular flexibility index (Phi) is 5.52. The van der Waals surface area contributed by atoms with E-state index in [1.165, 1.54) is 29.8 Å². The molecule has 0 aliphatic carbocycles. The highest BCUT2D eigenvalue weighted by Gasteiger charge is 2.33. The molecule has 2 heterocycles. The van der Waals surface area contributed by atoms with Crippen molar-refractivity contribution in [1.29, 1.82) is 0 Å². The predicted octanol–water partition coefficient (Wildman–Crippen LogP) is 3.85. The third-order valence-corrected chi connectivity index (χ3v) is 5.27. The highest BCUT2D eigenvalue weighted by Crippen LogP contribution is 2.35. The first-order valence-electron chi connectivity index (χ1n) is 8.36. The summed E-state index contributed by atoms with van der Waals surface area (Å²) in [5, 5.41) is 8.18. The number of aryl methyl sites for hydroxylation is 2. The van der Waals surface area contributed by atoms with Gasteiger partial charge in [-0.25, -0.2) is 9.67 Å². The molecule has 0 aliphatic rings. The maximum absolute atomic E-state index is 13.2. The maximum Gasteiger partial charge on any atom is 0.416 e. The fraction of sp³-hybridized carbons (Fsp3) is 0.333. The fourth-order valence-corrected chi connectivity index (χ4v) is 3.94. The summed E-state index contributed by atoms with van der Waals surface area (Å²) >= 11 is 1.52. The number of nitrogens with one attached hydrogen (secondary N) is 1. The second kappa shape index (κ2) is 7.69. The van der Waals surface area contributed by atoms with Gasteiger partial charge in [0.15, 0.2) is 5.82 Å². The van der Waals surface area contributed by atoms with E-state index in [1.54, 1.807) is 10.7 Å². The molecule has 3 rings (SSSR count). The molecule has 0 spiro atoms. The standard InChI is InChI=1S/C18H20F3N5S/c1-11-14(17-23-10-24-26(17)2)8-16(27-11)25-13(9-22)7-12-5-3-4-6-15(12)18(19,20)21/h3-6,8,10,13,25H,7,9,22H2,1-2H3/t13-/m0/s1. The fourth-order valence-electron chi connectivity index (χ4n) is 2.95. The Bertz CT molecular complexity index is 916. The van der Waals surface area contributed by atoms with Crippen molar-refractivity contribution >= 4 is 16.3 Å². The average molecular weight is 395 g/mol. The Morgan fingerprint density at radius 2 is 2.04 bits per heavy atom. The zero-order valence-corrected chi connectivity index (χ0v) is 15.7. The summed E-state index contributed by atoms with van der Waals surface area (Å²) in [5.41, 5.74) is 6.38. The molecular weight excluding hydrogens is 375 g/mol. The van der Waals surface area contributed by atoms with Crippen molar-refractivity contribution in [3.8, 4) is 11.4 Å². The minimum absolute atomic E-state index is 0.183. The zero-order chi connectivity index (χ0) is 19.6. The van der Waals surface area contributed by atoms with E-state index in [4.69, 9.17) is 5.73 Å². The van der Waals surface area contributed by atoms with E-state index in [2.05, 4.69) is 15.4 Å². The number of rotatable bonds is 6. The Morgan fingerprint density at radius 3 is 2.67 bits per heavy atom. The van der Waals surface area contributed by atoms with Gasteiger partial charge in [0.1, 0.15) is 6.33 Å². The first-order valence-corrected chi connectivity index (χ1v) is 9.17. The minimum atomic E-state index is -4.38. The Balaban J connectivity index is 1.80. The first-order chi connectivity index (χ1) is 12.8. The van der Waals surface area contributed by atoms with Crippen LogP contribution in [0.4, 0.5) is 18.2 Å². The predicted molar refractivity (Wildman–Crippen MR) is 101 cm³/mol. The summed E-state index contributed by atoms with van der Waals surface area (Å²) in [5.74, 6) is 0.739. The molecule has 1 atom stereocenters. The molecule has 1 aromatic carbocycles. The minimum Gasteiger partial charge on any atom is -0.373 e. The van der Waals surface area contributed by atoms with E-state index in [1.807, 2.05) is 20.0 Å². The molecule has 144 valence electrons. The molecule has 3 aromatic rings. The highest BCUT2D eigenvalue weighted by atomic mass is 32.1. The lowest BCUT2D eigenvalue weighted by molar-refractivity contribution is -0.138. The number of halogens is 3. The molecule has 9 heteroatoms. The van der Waals surface area contributed by atoms with Gasteiger partial charge in [0.25, 0.3) is 0 Å². The van der Waals surface area contributed by atoms with Crippen molar-refractivity contribution in [1.82, 2.24) is 14.8 Å². The van der Waals surface area contributed by atoms with Gasteiger partial charge in [-0.2, -0.15) is 18.3 Å². The summed E-state index contributed by atoms with van der Waals surface area (Å²) in [4.78, 5) is 5.29. The van der Waals surface area contributed by atoms with Gasteiger partial charge in [0, 0.05) is 30.1 Å². The number of alkyl halides is 3. The number of anilines is 1. The molecule has 0 unspecified atom stereocenters. The van der Waals surface area contributed by atoms with Gasteiger partial charge in [-0.3, -0.25) is 0 Å². The van der Waals surface area contributed by atoms with Crippen LogP contribution in [-0.4, -0.2) is 27.4 Å². The van der Waals surface area contributed by atoms with E-state index in [9.17, 15) is 13.2 Å². The van der Waals surface area contributed by atoms with Gasteiger partial charge < -0.3 is 11.1 Å². The van der Waals surface area contributed by atoms with Gasteiger partial charge in [0.05, 0.1) is 10.6 Å². The van der Waals surface area contributed by atoms with Crippen LogP contribution in [0.15, 0.2) is 36.7 Å². The SMILES string of the molecule is Cc1sc(N[C@H](CN)Cc2ccccc2C(F)(F)F)cc1-c1ncnn1C. The van der Waals surface area contributed by atoms with Crippen LogP contribution in [0, 0.1) is 6.92 Å². The maximum atomic E-state index is 13.2. The average Bonchev–Trinajstić information content (AvgIpc) is 3.18. The quantitative estimate of drug-likeness (QED) is 0.665. The number of thiophene rings is 1. The zero-order valence-electron chi connectivity index (χ0n) is 14.9. The summed E-state index contributed by atoms with van der Waals surface area (Å²) < 4.78 is 41.3. The molecule has 0 aliphatic heterocycles. The number of benzene rings is 1. The van der Waals surface area contributed by atoms with Crippen LogP contribution in [0.5, 0.6) is 0 Å². The lowest BCUT2D eigenvalue weighted by Gasteiger charge is -2.19. The van der Waals surface area contributed by atoms with E-state index in [0.29, 0.717) is 0 Å². The summed E-state index contributed by atoms with van der Waals surface area (Å²) in [7, 11) is 1.81. The molecule has 0 radical (unpaired) electrons. The van der Waals surface area contributed by atoms with Crippen molar-refractivity contribution in [3.63, 3.8) is 0 Å². The van der Waals surface area contributed by atoms with E-state index >= 15 is 0 Å². The van der Waals surface area contributed by atoms with E-state index in [-0.39, 0.29) is 24.6 Å². The largest absolute Gasteiger partial charge is 0.416 e. The van der Waals surface area contributed by atoms with Gasteiger partial charge in [-0.05, 0) is 31.0 Å². The molecular formula is C18H20F3N5S. The molecule has 0 saturated heterocycles. The molecule has 3 N–H and O–H groups in total. The van der Waals surface area contributed by atoms with Crippen LogP contribution in [0.1, 0.15) is 16.0 Å².